The summed E-state index contributed by atoms with van der Waals surface area (Å²) in [6, 6.07) is 0. The summed E-state index contributed by atoms with van der Waals surface area (Å²) in [6.07, 6.45) is 0.846. The molecule has 0 unspecified atom stereocenters. The number of nitrogens with two attached hydrogens (primary N) is 2. The van der Waals surface area contributed by atoms with E-state index in [-0.39, 0.29) is 23.2 Å². The Morgan fingerprint density at radius 1 is 1.54 bits per heavy atom. The Labute approximate surface area is 76.2 Å². The van der Waals surface area contributed by atoms with Crippen molar-refractivity contribution >= 4 is 11.8 Å². The van der Waals surface area contributed by atoms with Gasteiger partial charge < -0.3 is 11.5 Å². The normalized spacial score (nSPS) is 12.8. The van der Waals surface area contributed by atoms with Crippen molar-refractivity contribution in [2.24, 2.45) is 0 Å². The third kappa shape index (κ3) is 1.80. The van der Waals surface area contributed by atoms with Gasteiger partial charge in [-0.3, -0.25) is 9.78 Å². The van der Waals surface area contributed by atoms with E-state index in [1.54, 1.807) is 0 Å². The second kappa shape index (κ2) is 3.47. The van der Waals surface area contributed by atoms with Gasteiger partial charge in [-0.15, -0.1) is 0 Å². The second-order valence-corrected chi connectivity index (χ2v) is 3.06. The number of hydrogen-bond donors (Lipinski definition) is 3. The Hall–Kier alpha value is -1.52. The molecule has 5 nitrogen and oxygen atoms in total. The zero-order valence-electron chi connectivity index (χ0n) is 7.79. The molecule has 0 aromatic carbocycles. The minimum absolute atomic E-state index is 0.0644. The highest BCUT2D eigenvalue weighted by atomic mass is 16.1. The van der Waals surface area contributed by atoms with Crippen molar-refractivity contribution in [3.8, 4) is 0 Å². The van der Waals surface area contributed by atoms with Crippen molar-refractivity contribution in [3.05, 3.63) is 15.9 Å². The van der Waals surface area contributed by atoms with Crippen LogP contribution in [0.15, 0.2) is 4.79 Å². The first-order valence-corrected chi connectivity index (χ1v) is 4.21. The number of nitrogen functional groups attached to an aromatic ring is 2. The SMILES string of the molecule is CC[C@@H](C)c1c(N)nc(N)[nH]c1=O. The number of H-pyrrole nitrogens is 1. The summed E-state index contributed by atoms with van der Waals surface area (Å²) in [5, 5.41) is 0. The van der Waals surface area contributed by atoms with Crippen LogP contribution in [-0.2, 0) is 0 Å². The molecule has 0 aliphatic rings. The summed E-state index contributed by atoms with van der Waals surface area (Å²) in [5.41, 5.74) is 11.2. The summed E-state index contributed by atoms with van der Waals surface area (Å²) >= 11 is 0. The molecular weight excluding hydrogens is 168 g/mol. The maximum Gasteiger partial charge on any atom is 0.257 e. The molecule has 13 heavy (non-hydrogen) atoms. The van der Waals surface area contributed by atoms with E-state index in [4.69, 9.17) is 11.5 Å². The number of aromatic nitrogens is 2. The van der Waals surface area contributed by atoms with E-state index in [1.165, 1.54) is 0 Å². The molecule has 1 aromatic rings. The van der Waals surface area contributed by atoms with E-state index in [0.717, 1.165) is 6.42 Å². The van der Waals surface area contributed by atoms with Crippen molar-refractivity contribution < 1.29 is 0 Å². The number of hydrogen-bond acceptors (Lipinski definition) is 4. The van der Waals surface area contributed by atoms with Crippen LogP contribution >= 0.6 is 0 Å². The molecule has 0 fully saturated rings. The Bertz CT molecular complexity index is 358. The van der Waals surface area contributed by atoms with Crippen LogP contribution in [0.2, 0.25) is 0 Å². The van der Waals surface area contributed by atoms with Crippen LogP contribution in [0.1, 0.15) is 31.7 Å². The number of aromatic amines is 1. The smallest absolute Gasteiger partial charge is 0.257 e. The summed E-state index contributed by atoms with van der Waals surface area (Å²) in [6.45, 7) is 3.92. The Kier molecular flexibility index (Phi) is 2.55. The number of nitrogens with zero attached hydrogens (tertiary/aromatic N) is 1. The molecule has 1 heterocycles. The quantitative estimate of drug-likeness (QED) is 0.618. The molecule has 0 bridgehead atoms. The molecule has 0 amide bonds. The van der Waals surface area contributed by atoms with Gasteiger partial charge in [-0.1, -0.05) is 13.8 Å². The first-order chi connectivity index (χ1) is 6.06. The van der Waals surface area contributed by atoms with E-state index in [2.05, 4.69) is 9.97 Å². The predicted octanol–water partition coefficient (Wildman–Crippen LogP) is 0.448. The molecule has 1 atom stereocenters. The van der Waals surface area contributed by atoms with Gasteiger partial charge in [0.2, 0.25) is 5.95 Å². The summed E-state index contributed by atoms with van der Waals surface area (Å²) < 4.78 is 0. The van der Waals surface area contributed by atoms with Gasteiger partial charge >= 0.3 is 0 Å². The van der Waals surface area contributed by atoms with E-state index in [0.29, 0.717) is 5.56 Å². The first kappa shape index (κ1) is 9.57. The van der Waals surface area contributed by atoms with Gasteiger partial charge in [0, 0.05) is 0 Å². The average Bonchev–Trinajstić information content (AvgIpc) is 2.02. The highest BCUT2D eigenvalue weighted by molar-refractivity contribution is 5.43. The average molecular weight is 182 g/mol. The third-order valence-corrected chi connectivity index (χ3v) is 2.11. The van der Waals surface area contributed by atoms with Crippen molar-refractivity contribution in [3.63, 3.8) is 0 Å². The standard InChI is InChI=1S/C8H14N4O/c1-3-4(2)5-6(9)11-8(10)12-7(5)13/h4H,3H2,1-2H3,(H5,9,10,11,12,13)/t4-/m1/s1. The molecule has 0 spiro atoms. The Morgan fingerprint density at radius 2 is 2.15 bits per heavy atom. The lowest BCUT2D eigenvalue weighted by Crippen LogP contribution is -2.20. The second-order valence-electron chi connectivity index (χ2n) is 3.06. The van der Waals surface area contributed by atoms with Gasteiger partial charge in [0.25, 0.3) is 5.56 Å². The molecule has 0 radical (unpaired) electrons. The first-order valence-electron chi connectivity index (χ1n) is 4.21. The largest absolute Gasteiger partial charge is 0.383 e. The van der Waals surface area contributed by atoms with Gasteiger partial charge in [-0.05, 0) is 12.3 Å². The monoisotopic (exact) mass is 182 g/mol. The fourth-order valence-corrected chi connectivity index (χ4v) is 1.20. The zero-order chi connectivity index (χ0) is 10.0. The molecule has 1 aromatic heterocycles. The lowest BCUT2D eigenvalue weighted by atomic mass is 10.0. The fourth-order valence-electron chi connectivity index (χ4n) is 1.20. The highest BCUT2D eigenvalue weighted by Gasteiger charge is 2.13. The molecule has 1 rings (SSSR count). The van der Waals surface area contributed by atoms with Gasteiger partial charge in [0.15, 0.2) is 0 Å². The van der Waals surface area contributed by atoms with Gasteiger partial charge in [0.05, 0.1) is 5.56 Å². The van der Waals surface area contributed by atoms with Crippen molar-refractivity contribution in [1.29, 1.82) is 0 Å². The van der Waals surface area contributed by atoms with Crippen molar-refractivity contribution in [2.45, 2.75) is 26.2 Å². The van der Waals surface area contributed by atoms with Gasteiger partial charge in [-0.2, -0.15) is 4.98 Å². The number of rotatable bonds is 2. The Morgan fingerprint density at radius 3 is 2.62 bits per heavy atom. The van der Waals surface area contributed by atoms with Crippen molar-refractivity contribution in [2.75, 3.05) is 11.5 Å². The van der Waals surface area contributed by atoms with E-state index < -0.39 is 0 Å². The molecule has 72 valence electrons. The predicted molar refractivity (Wildman–Crippen MR) is 52.4 cm³/mol. The summed E-state index contributed by atoms with van der Waals surface area (Å²) in [7, 11) is 0. The lowest BCUT2D eigenvalue weighted by molar-refractivity contribution is 0.720. The molecule has 0 saturated heterocycles. The van der Waals surface area contributed by atoms with E-state index >= 15 is 0 Å². The number of nitrogens with one attached hydrogen (secondary N) is 1. The molecule has 0 aliphatic heterocycles. The minimum Gasteiger partial charge on any atom is -0.383 e. The third-order valence-electron chi connectivity index (χ3n) is 2.11. The van der Waals surface area contributed by atoms with Crippen molar-refractivity contribution in [1.82, 2.24) is 9.97 Å². The lowest BCUT2D eigenvalue weighted by Gasteiger charge is -2.09. The maximum absolute atomic E-state index is 11.4. The van der Waals surface area contributed by atoms with Crippen LogP contribution in [-0.4, -0.2) is 9.97 Å². The minimum atomic E-state index is -0.237. The van der Waals surface area contributed by atoms with Crippen LogP contribution in [0.4, 0.5) is 11.8 Å². The van der Waals surface area contributed by atoms with Crippen LogP contribution in [0.25, 0.3) is 0 Å². The molecule has 5 N–H and O–H groups in total. The van der Waals surface area contributed by atoms with E-state index in [9.17, 15) is 4.79 Å². The van der Waals surface area contributed by atoms with Crippen LogP contribution < -0.4 is 17.0 Å². The van der Waals surface area contributed by atoms with E-state index in [1.807, 2.05) is 13.8 Å². The highest BCUT2D eigenvalue weighted by Crippen LogP contribution is 2.18. The number of anilines is 2. The maximum atomic E-state index is 11.4. The molecule has 5 heteroatoms. The topological polar surface area (TPSA) is 97.8 Å². The van der Waals surface area contributed by atoms with Crippen LogP contribution in [0.3, 0.4) is 0 Å². The Balaban J connectivity index is 3.29. The molecule has 0 aliphatic carbocycles. The van der Waals surface area contributed by atoms with Crippen LogP contribution in [0, 0.1) is 0 Å². The van der Waals surface area contributed by atoms with Crippen LogP contribution in [0.5, 0.6) is 0 Å². The fraction of sp³-hybridized carbons (Fsp3) is 0.500. The zero-order valence-corrected chi connectivity index (χ0v) is 7.79. The molecular formula is C8H14N4O. The summed E-state index contributed by atoms with van der Waals surface area (Å²) in [5.74, 6) is 0.405. The summed E-state index contributed by atoms with van der Waals surface area (Å²) in [4.78, 5) is 17.6. The van der Waals surface area contributed by atoms with Gasteiger partial charge in [-0.25, -0.2) is 0 Å². The van der Waals surface area contributed by atoms with Gasteiger partial charge in [0.1, 0.15) is 5.82 Å². The molecule has 0 saturated carbocycles.